The summed E-state index contributed by atoms with van der Waals surface area (Å²) in [5, 5.41) is 15.7. The first kappa shape index (κ1) is 17.3. The highest BCUT2D eigenvalue weighted by molar-refractivity contribution is 6.15. The summed E-state index contributed by atoms with van der Waals surface area (Å²) < 4.78 is 0. The number of rotatable bonds is 5. The molecule has 0 bridgehead atoms. The molecule has 1 aliphatic rings. The zero-order valence-corrected chi connectivity index (χ0v) is 14.2. The topological polar surface area (TPSA) is 78.4 Å². The summed E-state index contributed by atoms with van der Waals surface area (Å²) in [5.74, 6) is -0.479. The van der Waals surface area contributed by atoms with Gasteiger partial charge in [0, 0.05) is 36.7 Å². The quantitative estimate of drug-likeness (QED) is 0.723. The second kappa shape index (κ2) is 7.59. The second-order valence-corrected chi connectivity index (χ2v) is 6.44. The minimum atomic E-state index is -0.454. The Morgan fingerprint density at radius 1 is 1.08 bits per heavy atom. The van der Waals surface area contributed by atoms with Gasteiger partial charge in [-0.15, -0.1) is 0 Å². The summed E-state index contributed by atoms with van der Waals surface area (Å²) in [7, 11) is 0. The summed E-state index contributed by atoms with van der Waals surface area (Å²) in [4.78, 5) is 25.3. The zero-order valence-electron chi connectivity index (χ0n) is 14.2. The van der Waals surface area contributed by atoms with Gasteiger partial charge in [-0.2, -0.15) is 0 Å². The van der Waals surface area contributed by atoms with E-state index in [0.717, 1.165) is 5.56 Å². The van der Waals surface area contributed by atoms with Crippen molar-refractivity contribution in [1.29, 1.82) is 0 Å². The molecule has 5 heteroatoms. The van der Waals surface area contributed by atoms with E-state index in [1.54, 1.807) is 36.4 Å². The Morgan fingerprint density at radius 3 is 2.40 bits per heavy atom. The molecule has 0 aliphatic carbocycles. The van der Waals surface area contributed by atoms with Crippen molar-refractivity contribution in [2.45, 2.75) is 13.0 Å². The number of hydrogen-bond donors (Lipinski definition) is 3. The number of benzene rings is 2. The third kappa shape index (κ3) is 3.95. The SMILES string of the molecule is Cc1ccc(C(=O)c2ccccc2C(=O)NCC2CNCC2O)cc1. The third-order valence-corrected chi connectivity index (χ3v) is 4.56. The summed E-state index contributed by atoms with van der Waals surface area (Å²) >= 11 is 0. The van der Waals surface area contributed by atoms with Crippen LogP contribution in [0.4, 0.5) is 0 Å². The second-order valence-electron chi connectivity index (χ2n) is 6.44. The van der Waals surface area contributed by atoms with Crippen LogP contribution >= 0.6 is 0 Å². The van der Waals surface area contributed by atoms with E-state index in [2.05, 4.69) is 10.6 Å². The molecule has 2 aromatic carbocycles. The molecular weight excluding hydrogens is 316 g/mol. The zero-order chi connectivity index (χ0) is 17.8. The number of ketones is 1. The van der Waals surface area contributed by atoms with E-state index < -0.39 is 6.10 Å². The van der Waals surface area contributed by atoms with Crippen LogP contribution in [0.3, 0.4) is 0 Å². The van der Waals surface area contributed by atoms with E-state index in [0.29, 0.717) is 36.3 Å². The highest BCUT2D eigenvalue weighted by atomic mass is 16.3. The number of aliphatic hydroxyl groups is 1. The minimum absolute atomic E-state index is 0.0103. The fourth-order valence-corrected chi connectivity index (χ4v) is 2.99. The smallest absolute Gasteiger partial charge is 0.252 e. The van der Waals surface area contributed by atoms with Crippen LogP contribution in [0.25, 0.3) is 0 Å². The Balaban J connectivity index is 1.76. The maximum Gasteiger partial charge on any atom is 0.252 e. The predicted molar refractivity (Wildman–Crippen MR) is 95.8 cm³/mol. The fourth-order valence-electron chi connectivity index (χ4n) is 2.99. The van der Waals surface area contributed by atoms with Crippen molar-refractivity contribution in [1.82, 2.24) is 10.6 Å². The Hall–Kier alpha value is -2.50. The van der Waals surface area contributed by atoms with Crippen LogP contribution in [0.2, 0.25) is 0 Å². The summed E-state index contributed by atoms with van der Waals surface area (Å²) in [6.07, 6.45) is -0.454. The van der Waals surface area contributed by atoms with E-state index in [1.165, 1.54) is 0 Å². The first-order chi connectivity index (χ1) is 12.1. The maximum atomic E-state index is 12.8. The molecule has 3 N–H and O–H groups in total. The minimum Gasteiger partial charge on any atom is -0.391 e. The number of nitrogens with one attached hydrogen (secondary N) is 2. The predicted octanol–water partition coefficient (Wildman–Crippen LogP) is 1.54. The van der Waals surface area contributed by atoms with Gasteiger partial charge < -0.3 is 15.7 Å². The molecular formula is C20H22N2O3. The monoisotopic (exact) mass is 338 g/mol. The highest BCUT2D eigenvalue weighted by Crippen LogP contribution is 2.16. The first-order valence-electron chi connectivity index (χ1n) is 8.43. The van der Waals surface area contributed by atoms with Gasteiger partial charge >= 0.3 is 0 Å². The van der Waals surface area contributed by atoms with Crippen molar-refractivity contribution in [3.63, 3.8) is 0 Å². The van der Waals surface area contributed by atoms with E-state index in [1.807, 2.05) is 19.1 Å². The van der Waals surface area contributed by atoms with Crippen LogP contribution < -0.4 is 10.6 Å². The van der Waals surface area contributed by atoms with Gasteiger partial charge in [0.2, 0.25) is 0 Å². The van der Waals surface area contributed by atoms with Crippen molar-refractivity contribution in [3.05, 3.63) is 70.8 Å². The number of hydrogen-bond acceptors (Lipinski definition) is 4. The molecule has 1 amide bonds. The van der Waals surface area contributed by atoms with Crippen LogP contribution in [0.5, 0.6) is 0 Å². The molecule has 1 fully saturated rings. The molecule has 0 saturated carbocycles. The first-order valence-corrected chi connectivity index (χ1v) is 8.43. The van der Waals surface area contributed by atoms with Gasteiger partial charge in [-0.1, -0.05) is 48.0 Å². The summed E-state index contributed by atoms with van der Waals surface area (Å²) in [5.41, 5.74) is 2.37. The summed E-state index contributed by atoms with van der Waals surface area (Å²) in [6.45, 7) is 3.55. The van der Waals surface area contributed by atoms with Crippen molar-refractivity contribution in [3.8, 4) is 0 Å². The van der Waals surface area contributed by atoms with E-state index in [4.69, 9.17) is 0 Å². The van der Waals surface area contributed by atoms with Gasteiger partial charge in [0.1, 0.15) is 0 Å². The molecule has 1 aliphatic heterocycles. The van der Waals surface area contributed by atoms with Gasteiger partial charge in [-0.25, -0.2) is 0 Å². The van der Waals surface area contributed by atoms with Crippen LogP contribution in [0.1, 0.15) is 31.8 Å². The molecule has 1 saturated heterocycles. The number of carbonyl (C=O) groups excluding carboxylic acids is 2. The molecule has 2 atom stereocenters. The lowest BCUT2D eigenvalue weighted by Crippen LogP contribution is -2.35. The largest absolute Gasteiger partial charge is 0.391 e. The molecule has 2 unspecified atom stereocenters. The molecule has 2 aromatic rings. The average molecular weight is 338 g/mol. The van der Waals surface area contributed by atoms with Gasteiger partial charge in [0.05, 0.1) is 11.7 Å². The van der Waals surface area contributed by atoms with Crippen molar-refractivity contribution >= 4 is 11.7 Å². The molecule has 0 spiro atoms. The number of β-amino-alcohol motifs (C(OH)–C–C–N with tert-alkyl or cyclic N) is 1. The van der Waals surface area contributed by atoms with E-state index in [9.17, 15) is 14.7 Å². The molecule has 25 heavy (non-hydrogen) atoms. The van der Waals surface area contributed by atoms with Crippen molar-refractivity contribution in [2.24, 2.45) is 5.92 Å². The van der Waals surface area contributed by atoms with Gasteiger partial charge in [-0.3, -0.25) is 9.59 Å². The van der Waals surface area contributed by atoms with Crippen molar-refractivity contribution in [2.75, 3.05) is 19.6 Å². The highest BCUT2D eigenvalue weighted by Gasteiger charge is 2.26. The number of carbonyl (C=O) groups is 2. The van der Waals surface area contributed by atoms with Crippen LogP contribution in [-0.4, -0.2) is 42.5 Å². The molecule has 0 aromatic heterocycles. The molecule has 3 rings (SSSR count). The third-order valence-electron chi connectivity index (χ3n) is 4.56. The average Bonchev–Trinajstić information content (AvgIpc) is 3.04. The lowest BCUT2D eigenvalue weighted by atomic mass is 9.97. The fraction of sp³-hybridized carbons (Fsp3) is 0.300. The maximum absolute atomic E-state index is 12.8. The summed E-state index contributed by atoms with van der Waals surface area (Å²) in [6, 6.07) is 14.1. The molecule has 5 nitrogen and oxygen atoms in total. The number of amides is 1. The van der Waals surface area contributed by atoms with Crippen LogP contribution in [0.15, 0.2) is 48.5 Å². The van der Waals surface area contributed by atoms with E-state index in [-0.39, 0.29) is 17.6 Å². The normalized spacial score (nSPS) is 19.6. The van der Waals surface area contributed by atoms with Crippen molar-refractivity contribution < 1.29 is 14.7 Å². The Morgan fingerprint density at radius 2 is 1.76 bits per heavy atom. The Labute approximate surface area is 147 Å². The molecule has 1 heterocycles. The lowest BCUT2D eigenvalue weighted by Gasteiger charge is -2.15. The Bertz CT molecular complexity index is 771. The lowest BCUT2D eigenvalue weighted by molar-refractivity contribution is 0.0917. The number of aryl methyl sites for hydroxylation is 1. The van der Waals surface area contributed by atoms with E-state index >= 15 is 0 Å². The number of aliphatic hydroxyl groups excluding tert-OH is 1. The van der Waals surface area contributed by atoms with Gasteiger partial charge in [-0.05, 0) is 13.0 Å². The molecule has 0 radical (unpaired) electrons. The van der Waals surface area contributed by atoms with Gasteiger partial charge in [0.15, 0.2) is 5.78 Å². The van der Waals surface area contributed by atoms with Crippen LogP contribution in [-0.2, 0) is 0 Å². The molecule has 130 valence electrons. The van der Waals surface area contributed by atoms with Crippen LogP contribution in [0, 0.1) is 12.8 Å². The standard InChI is InChI=1S/C20H22N2O3/c1-13-6-8-14(9-7-13)19(24)16-4-2-3-5-17(16)20(25)22-11-15-10-21-12-18(15)23/h2-9,15,18,21,23H,10-12H2,1H3,(H,22,25). The van der Waals surface area contributed by atoms with Gasteiger partial charge in [0.25, 0.3) is 5.91 Å². The Kier molecular flexibility index (Phi) is 5.26.